The van der Waals surface area contributed by atoms with Crippen LogP contribution < -0.4 is 10.6 Å². The van der Waals surface area contributed by atoms with Gasteiger partial charge < -0.3 is 19.9 Å². The van der Waals surface area contributed by atoms with E-state index < -0.39 is 0 Å². The number of carbonyl (C=O) groups is 1. The molecule has 2 heterocycles. The van der Waals surface area contributed by atoms with Gasteiger partial charge in [-0.1, -0.05) is 5.16 Å². The molecule has 2 rings (SSSR count). The van der Waals surface area contributed by atoms with Crippen molar-refractivity contribution in [2.75, 3.05) is 19.7 Å². The van der Waals surface area contributed by atoms with Crippen LogP contribution in [-0.4, -0.2) is 36.9 Å². The Balaban J connectivity index is 1.77. The molecule has 1 aromatic heterocycles. The third kappa shape index (κ3) is 3.30. The second kappa shape index (κ2) is 5.97. The molecule has 0 radical (unpaired) electrons. The highest BCUT2D eigenvalue weighted by atomic mass is 16.5. The summed E-state index contributed by atoms with van der Waals surface area (Å²) in [5.41, 5.74) is 1.77. The van der Waals surface area contributed by atoms with Gasteiger partial charge in [-0.25, -0.2) is 0 Å². The van der Waals surface area contributed by atoms with Gasteiger partial charge in [0.05, 0.1) is 24.8 Å². The summed E-state index contributed by atoms with van der Waals surface area (Å²) in [4.78, 5) is 11.8. The zero-order valence-electron chi connectivity index (χ0n) is 10.8. The second-order valence-electron chi connectivity index (χ2n) is 4.48. The molecule has 18 heavy (non-hydrogen) atoms. The molecule has 2 N–H and O–H groups in total. The average molecular weight is 253 g/mol. The molecule has 100 valence electrons. The van der Waals surface area contributed by atoms with E-state index in [2.05, 4.69) is 15.8 Å². The molecule has 1 aromatic rings. The molecule has 0 spiro atoms. The monoisotopic (exact) mass is 253 g/mol. The minimum atomic E-state index is -0.0246. The number of hydrogen-bond donors (Lipinski definition) is 2. The lowest BCUT2D eigenvalue weighted by Gasteiger charge is -2.23. The van der Waals surface area contributed by atoms with Gasteiger partial charge in [0.2, 0.25) is 5.91 Å². The largest absolute Gasteiger partial charge is 0.375 e. The number of hydrogen-bond acceptors (Lipinski definition) is 5. The third-order valence-corrected chi connectivity index (χ3v) is 3.06. The van der Waals surface area contributed by atoms with Gasteiger partial charge in [0, 0.05) is 25.2 Å². The first-order chi connectivity index (χ1) is 8.66. The Kier molecular flexibility index (Phi) is 4.33. The van der Waals surface area contributed by atoms with Crippen LogP contribution in [0.5, 0.6) is 0 Å². The summed E-state index contributed by atoms with van der Waals surface area (Å²) in [6.45, 7) is 6.43. The zero-order chi connectivity index (χ0) is 13.0. The first kappa shape index (κ1) is 13.0. The SMILES string of the molecule is Cc1noc(C)c1CNC(=O)CC1CNCCO1. The van der Waals surface area contributed by atoms with Crippen molar-refractivity contribution in [3.05, 3.63) is 17.0 Å². The van der Waals surface area contributed by atoms with E-state index in [-0.39, 0.29) is 12.0 Å². The number of aromatic nitrogens is 1. The molecule has 0 saturated carbocycles. The molecule has 0 aliphatic carbocycles. The summed E-state index contributed by atoms with van der Waals surface area (Å²) in [5, 5.41) is 9.91. The van der Waals surface area contributed by atoms with E-state index in [0.29, 0.717) is 19.6 Å². The van der Waals surface area contributed by atoms with E-state index in [1.807, 2.05) is 13.8 Å². The van der Waals surface area contributed by atoms with E-state index in [9.17, 15) is 4.79 Å². The average Bonchev–Trinajstić information content (AvgIpc) is 2.68. The van der Waals surface area contributed by atoms with Crippen molar-refractivity contribution in [2.45, 2.75) is 32.9 Å². The van der Waals surface area contributed by atoms with Gasteiger partial charge in [0.1, 0.15) is 5.76 Å². The summed E-state index contributed by atoms with van der Waals surface area (Å²) < 4.78 is 10.5. The molecule has 1 fully saturated rings. The highest BCUT2D eigenvalue weighted by Crippen LogP contribution is 2.11. The molecular weight excluding hydrogens is 234 g/mol. The first-order valence-corrected chi connectivity index (χ1v) is 6.17. The number of ether oxygens (including phenoxy) is 1. The number of amides is 1. The number of aryl methyl sites for hydroxylation is 2. The van der Waals surface area contributed by atoms with Gasteiger partial charge in [-0.3, -0.25) is 4.79 Å². The van der Waals surface area contributed by atoms with Crippen molar-refractivity contribution in [3.63, 3.8) is 0 Å². The van der Waals surface area contributed by atoms with Gasteiger partial charge in [-0.05, 0) is 13.8 Å². The Morgan fingerprint density at radius 2 is 2.39 bits per heavy atom. The fourth-order valence-corrected chi connectivity index (χ4v) is 1.97. The van der Waals surface area contributed by atoms with Crippen LogP contribution in [0.2, 0.25) is 0 Å². The topological polar surface area (TPSA) is 76.4 Å². The normalized spacial score (nSPS) is 19.8. The summed E-state index contributed by atoms with van der Waals surface area (Å²) in [6, 6.07) is 0. The lowest BCUT2D eigenvalue weighted by Crippen LogP contribution is -2.41. The molecule has 0 aromatic carbocycles. The summed E-state index contributed by atoms with van der Waals surface area (Å²) >= 11 is 0. The number of nitrogens with zero attached hydrogens (tertiary/aromatic N) is 1. The van der Waals surface area contributed by atoms with Crippen LogP contribution in [0, 0.1) is 13.8 Å². The molecule has 1 aliphatic heterocycles. The highest BCUT2D eigenvalue weighted by Gasteiger charge is 2.17. The maximum Gasteiger partial charge on any atom is 0.222 e. The van der Waals surface area contributed by atoms with Gasteiger partial charge in [0.25, 0.3) is 0 Å². The van der Waals surface area contributed by atoms with Crippen LogP contribution in [0.1, 0.15) is 23.4 Å². The predicted octanol–water partition coefficient (Wildman–Crippen LogP) is 0.286. The molecule has 1 atom stereocenters. The smallest absolute Gasteiger partial charge is 0.222 e. The third-order valence-electron chi connectivity index (χ3n) is 3.06. The lowest BCUT2D eigenvalue weighted by atomic mass is 10.2. The van der Waals surface area contributed by atoms with Crippen LogP contribution in [0.3, 0.4) is 0 Å². The Morgan fingerprint density at radius 1 is 1.56 bits per heavy atom. The molecule has 1 saturated heterocycles. The molecule has 6 nitrogen and oxygen atoms in total. The number of nitrogens with one attached hydrogen (secondary N) is 2. The van der Waals surface area contributed by atoms with Crippen LogP contribution in [0.15, 0.2) is 4.52 Å². The van der Waals surface area contributed by atoms with E-state index in [4.69, 9.17) is 9.26 Å². The van der Waals surface area contributed by atoms with Crippen molar-refractivity contribution in [1.82, 2.24) is 15.8 Å². The molecule has 1 aliphatic rings. The van der Waals surface area contributed by atoms with Crippen molar-refractivity contribution in [3.8, 4) is 0 Å². The van der Waals surface area contributed by atoms with Crippen LogP contribution in [0.4, 0.5) is 0 Å². The second-order valence-corrected chi connectivity index (χ2v) is 4.48. The zero-order valence-corrected chi connectivity index (χ0v) is 10.8. The van der Waals surface area contributed by atoms with Gasteiger partial charge >= 0.3 is 0 Å². The van der Waals surface area contributed by atoms with Gasteiger partial charge in [-0.2, -0.15) is 0 Å². The number of carbonyl (C=O) groups excluding carboxylic acids is 1. The van der Waals surface area contributed by atoms with Gasteiger partial charge in [0.15, 0.2) is 0 Å². The van der Waals surface area contributed by atoms with Crippen LogP contribution in [-0.2, 0) is 16.1 Å². The predicted molar refractivity (Wildman–Crippen MR) is 65.1 cm³/mol. The van der Waals surface area contributed by atoms with E-state index >= 15 is 0 Å². The summed E-state index contributed by atoms with van der Waals surface area (Å²) in [5.74, 6) is 0.743. The Hall–Kier alpha value is -1.40. The Labute approximate surface area is 106 Å². The quantitative estimate of drug-likeness (QED) is 0.806. The minimum Gasteiger partial charge on any atom is -0.375 e. The number of morpholine rings is 1. The molecule has 0 bridgehead atoms. The lowest BCUT2D eigenvalue weighted by molar-refractivity contribution is -0.124. The molecule has 6 heteroatoms. The van der Waals surface area contributed by atoms with E-state index in [1.54, 1.807) is 0 Å². The molecule has 1 amide bonds. The van der Waals surface area contributed by atoms with Crippen LogP contribution in [0.25, 0.3) is 0 Å². The van der Waals surface area contributed by atoms with Crippen LogP contribution >= 0.6 is 0 Å². The summed E-state index contributed by atoms with van der Waals surface area (Å²) in [6.07, 6.45) is 0.361. The summed E-state index contributed by atoms with van der Waals surface area (Å²) in [7, 11) is 0. The Bertz CT molecular complexity index is 391. The number of rotatable bonds is 4. The maximum atomic E-state index is 11.8. The van der Waals surface area contributed by atoms with E-state index in [0.717, 1.165) is 30.1 Å². The molecular formula is C12H19N3O3. The van der Waals surface area contributed by atoms with Gasteiger partial charge in [-0.15, -0.1) is 0 Å². The fourth-order valence-electron chi connectivity index (χ4n) is 1.97. The molecule has 1 unspecified atom stereocenters. The highest BCUT2D eigenvalue weighted by molar-refractivity contribution is 5.76. The Morgan fingerprint density at radius 3 is 3.00 bits per heavy atom. The standard InChI is InChI=1S/C12H19N3O3/c1-8-11(9(2)18-15-8)7-14-12(16)5-10-6-13-3-4-17-10/h10,13H,3-7H2,1-2H3,(H,14,16). The van der Waals surface area contributed by atoms with E-state index in [1.165, 1.54) is 0 Å². The van der Waals surface area contributed by atoms with Crippen molar-refractivity contribution >= 4 is 5.91 Å². The van der Waals surface area contributed by atoms with Crippen molar-refractivity contribution in [2.24, 2.45) is 0 Å². The first-order valence-electron chi connectivity index (χ1n) is 6.17. The fraction of sp³-hybridized carbons (Fsp3) is 0.667. The van der Waals surface area contributed by atoms with Crippen molar-refractivity contribution in [1.29, 1.82) is 0 Å². The maximum absolute atomic E-state index is 11.8. The minimum absolute atomic E-state index is 0.0105. The van der Waals surface area contributed by atoms with Crippen molar-refractivity contribution < 1.29 is 14.1 Å².